The summed E-state index contributed by atoms with van der Waals surface area (Å²) in [6, 6.07) is 16.0. The van der Waals surface area contributed by atoms with Gasteiger partial charge in [0.2, 0.25) is 0 Å². The quantitative estimate of drug-likeness (QED) is 0.330. The molecule has 0 radical (unpaired) electrons. The largest absolute Gasteiger partial charge is 0.507 e. The molecule has 1 fully saturated rings. The lowest BCUT2D eigenvalue weighted by Gasteiger charge is -2.23. The van der Waals surface area contributed by atoms with E-state index in [1.54, 1.807) is 60.7 Å². The van der Waals surface area contributed by atoms with Gasteiger partial charge in [0.25, 0.3) is 11.7 Å². The zero-order valence-corrected chi connectivity index (χ0v) is 17.8. The Morgan fingerprint density at radius 2 is 1.69 bits per heavy atom. The summed E-state index contributed by atoms with van der Waals surface area (Å²) >= 11 is 0. The van der Waals surface area contributed by atoms with E-state index in [4.69, 9.17) is 13.9 Å². The molecule has 0 spiro atoms. The molecule has 0 bridgehead atoms. The Bertz CT molecular complexity index is 1150. The molecule has 2 aromatic carbocycles. The minimum Gasteiger partial charge on any atom is -0.507 e. The highest BCUT2D eigenvalue weighted by atomic mass is 16.5. The molecule has 164 valence electrons. The number of amides is 1. The monoisotopic (exact) mass is 433 g/mol. The van der Waals surface area contributed by atoms with E-state index < -0.39 is 17.7 Å². The zero-order chi connectivity index (χ0) is 22.7. The van der Waals surface area contributed by atoms with E-state index in [0.717, 1.165) is 0 Å². The van der Waals surface area contributed by atoms with Gasteiger partial charge >= 0.3 is 0 Å². The Balaban J connectivity index is 1.83. The summed E-state index contributed by atoms with van der Waals surface area (Å²) in [5.74, 6) is -0.278. The number of furan rings is 1. The highest BCUT2D eigenvalue weighted by Crippen LogP contribution is 2.42. The van der Waals surface area contributed by atoms with Crippen LogP contribution in [0.4, 0.5) is 5.69 Å². The summed E-state index contributed by atoms with van der Waals surface area (Å²) in [5, 5.41) is 11.1. The molecule has 7 nitrogen and oxygen atoms in total. The number of rotatable bonds is 7. The summed E-state index contributed by atoms with van der Waals surface area (Å²) in [6.45, 7) is 4.70. The van der Waals surface area contributed by atoms with Crippen molar-refractivity contribution in [3.8, 4) is 11.5 Å². The van der Waals surface area contributed by atoms with E-state index in [2.05, 4.69) is 0 Å². The Labute approximate surface area is 185 Å². The lowest BCUT2D eigenvalue weighted by molar-refractivity contribution is -0.132. The van der Waals surface area contributed by atoms with Crippen LogP contribution in [0.25, 0.3) is 5.76 Å². The molecular weight excluding hydrogens is 410 g/mol. The number of ketones is 1. The second-order valence-electron chi connectivity index (χ2n) is 7.07. The molecule has 0 aliphatic carbocycles. The summed E-state index contributed by atoms with van der Waals surface area (Å²) in [5.41, 5.74) is 0.809. The maximum Gasteiger partial charge on any atom is 0.300 e. The van der Waals surface area contributed by atoms with Crippen LogP contribution in [0.2, 0.25) is 0 Å². The van der Waals surface area contributed by atoms with Gasteiger partial charge in [0, 0.05) is 11.3 Å². The average molecular weight is 433 g/mol. The molecule has 1 atom stereocenters. The van der Waals surface area contributed by atoms with Crippen LogP contribution < -0.4 is 14.4 Å². The number of carbonyl (C=O) groups is 2. The van der Waals surface area contributed by atoms with E-state index in [9.17, 15) is 14.7 Å². The molecule has 1 aliphatic rings. The number of ether oxygens (including phenoxy) is 2. The first kappa shape index (κ1) is 21.2. The topological polar surface area (TPSA) is 89.2 Å². The first-order valence-electron chi connectivity index (χ1n) is 10.4. The molecule has 1 amide bonds. The Morgan fingerprint density at radius 1 is 0.969 bits per heavy atom. The number of aliphatic hydroxyl groups excluding tert-OH is 1. The standard InChI is InChI=1S/C25H23NO6/c1-3-30-18-12-10-17(11-13-18)26-22(20-9-6-14-32-20)21(24(28)25(26)29)23(27)16-7-5-8-19(15-16)31-4-2/h5-15,22,27H,3-4H2,1-2H3/b23-21-. The van der Waals surface area contributed by atoms with Crippen LogP contribution >= 0.6 is 0 Å². The van der Waals surface area contributed by atoms with Gasteiger partial charge in [0.15, 0.2) is 0 Å². The van der Waals surface area contributed by atoms with Crippen LogP contribution in [0.15, 0.2) is 76.9 Å². The van der Waals surface area contributed by atoms with Crippen LogP contribution in [-0.2, 0) is 9.59 Å². The third-order valence-corrected chi connectivity index (χ3v) is 5.10. The van der Waals surface area contributed by atoms with E-state index in [1.165, 1.54) is 11.2 Å². The van der Waals surface area contributed by atoms with Crippen molar-refractivity contribution in [2.24, 2.45) is 0 Å². The first-order chi connectivity index (χ1) is 15.5. The van der Waals surface area contributed by atoms with Crippen molar-refractivity contribution in [2.75, 3.05) is 18.1 Å². The van der Waals surface area contributed by atoms with Crippen molar-refractivity contribution >= 4 is 23.1 Å². The highest BCUT2D eigenvalue weighted by Gasteiger charge is 2.48. The molecule has 1 saturated heterocycles. The van der Waals surface area contributed by atoms with Crippen molar-refractivity contribution < 1.29 is 28.6 Å². The molecule has 1 unspecified atom stereocenters. The third kappa shape index (κ3) is 3.85. The van der Waals surface area contributed by atoms with Gasteiger partial charge in [0.05, 0.1) is 25.1 Å². The summed E-state index contributed by atoms with van der Waals surface area (Å²) in [4.78, 5) is 27.5. The minimum atomic E-state index is -0.918. The number of carbonyl (C=O) groups excluding carboxylic acids is 2. The lowest BCUT2D eigenvalue weighted by atomic mass is 9.99. The first-order valence-corrected chi connectivity index (χ1v) is 10.4. The summed E-state index contributed by atoms with van der Waals surface area (Å²) < 4.78 is 16.5. The Hall–Kier alpha value is -4.00. The average Bonchev–Trinajstić information content (AvgIpc) is 3.42. The lowest BCUT2D eigenvalue weighted by Crippen LogP contribution is -2.29. The Kier molecular flexibility index (Phi) is 5.98. The summed E-state index contributed by atoms with van der Waals surface area (Å²) in [6.07, 6.45) is 1.46. The second kappa shape index (κ2) is 9.01. The molecule has 0 saturated carbocycles. The Morgan fingerprint density at radius 3 is 2.34 bits per heavy atom. The molecule has 1 aliphatic heterocycles. The van der Waals surface area contributed by atoms with E-state index in [0.29, 0.717) is 41.7 Å². The highest BCUT2D eigenvalue weighted by molar-refractivity contribution is 6.51. The van der Waals surface area contributed by atoms with Gasteiger partial charge in [-0.25, -0.2) is 0 Å². The molecule has 4 rings (SSSR count). The maximum atomic E-state index is 13.1. The van der Waals surface area contributed by atoms with Gasteiger partial charge in [-0.05, 0) is 62.4 Å². The fourth-order valence-corrected chi connectivity index (χ4v) is 3.74. The van der Waals surface area contributed by atoms with Crippen molar-refractivity contribution in [2.45, 2.75) is 19.9 Å². The van der Waals surface area contributed by atoms with Crippen molar-refractivity contribution in [3.05, 3.63) is 83.8 Å². The molecule has 1 aromatic heterocycles. The zero-order valence-electron chi connectivity index (χ0n) is 17.8. The molecule has 3 aromatic rings. The molecule has 1 N–H and O–H groups in total. The summed E-state index contributed by atoms with van der Waals surface area (Å²) in [7, 11) is 0. The number of Topliss-reactive ketones (excluding diaryl/α,β-unsaturated/α-hetero) is 1. The second-order valence-corrected chi connectivity index (χ2v) is 7.07. The van der Waals surface area contributed by atoms with Crippen molar-refractivity contribution in [3.63, 3.8) is 0 Å². The van der Waals surface area contributed by atoms with Gasteiger partial charge in [-0.1, -0.05) is 12.1 Å². The van der Waals surface area contributed by atoms with Crippen LogP contribution in [0.1, 0.15) is 31.2 Å². The molecule has 2 heterocycles. The number of hydrogen-bond acceptors (Lipinski definition) is 6. The number of benzene rings is 2. The molecule has 32 heavy (non-hydrogen) atoms. The number of anilines is 1. The van der Waals surface area contributed by atoms with Crippen molar-refractivity contribution in [1.29, 1.82) is 0 Å². The van der Waals surface area contributed by atoms with Crippen LogP contribution in [0.3, 0.4) is 0 Å². The SMILES string of the molecule is CCOc1ccc(N2C(=O)C(=O)/C(=C(\O)c3cccc(OCC)c3)C2c2ccco2)cc1. The number of hydrogen-bond donors (Lipinski definition) is 1. The van der Waals surface area contributed by atoms with Crippen LogP contribution in [0.5, 0.6) is 11.5 Å². The van der Waals surface area contributed by atoms with E-state index in [-0.39, 0.29) is 11.3 Å². The predicted molar refractivity (Wildman–Crippen MR) is 119 cm³/mol. The normalized spacial score (nSPS) is 17.6. The van der Waals surface area contributed by atoms with Crippen LogP contribution in [0, 0.1) is 0 Å². The molecule has 7 heteroatoms. The third-order valence-electron chi connectivity index (χ3n) is 5.10. The maximum absolute atomic E-state index is 13.1. The van der Waals surface area contributed by atoms with Gasteiger partial charge in [-0.3, -0.25) is 14.5 Å². The molecular formula is C25H23NO6. The predicted octanol–water partition coefficient (Wildman–Crippen LogP) is 4.70. The smallest absolute Gasteiger partial charge is 0.300 e. The number of nitrogens with zero attached hydrogens (tertiary/aromatic N) is 1. The van der Waals surface area contributed by atoms with Gasteiger partial charge in [-0.15, -0.1) is 0 Å². The van der Waals surface area contributed by atoms with Crippen molar-refractivity contribution in [1.82, 2.24) is 0 Å². The minimum absolute atomic E-state index is 0.0486. The fourth-order valence-electron chi connectivity index (χ4n) is 3.74. The van der Waals surface area contributed by atoms with Gasteiger partial charge in [0.1, 0.15) is 29.1 Å². The van der Waals surface area contributed by atoms with Gasteiger partial charge < -0.3 is 19.0 Å². The van der Waals surface area contributed by atoms with Gasteiger partial charge in [-0.2, -0.15) is 0 Å². The van der Waals surface area contributed by atoms with Crippen LogP contribution in [-0.4, -0.2) is 30.0 Å². The number of aliphatic hydroxyl groups is 1. The fraction of sp³-hybridized carbons (Fsp3) is 0.200. The van der Waals surface area contributed by atoms with E-state index in [1.807, 2.05) is 13.8 Å². The van der Waals surface area contributed by atoms with E-state index >= 15 is 0 Å².